The molecule has 2 aromatic rings. The molecule has 0 saturated heterocycles. The standard InChI is InChI=1S/C13H11N3O/c1-17-13-12(11-3-6-15-7-4-11)8-10(2-5-14)9-16-13/h3-4,6-9H,2H2,1H3. The van der Waals surface area contributed by atoms with Gasteiger partial charge in [0.2, 0.25) is 5.88 Å². The number of nitrogens with zero attached hydrogens (tertiary/aromatic N) is 3. The second kappa shape index (κ2) is 5.08. The van der Waals surface area contributed by atoms with Crippen LogP contribution in [0.4, 0.5) is 0 Å². The molecule has 2 heterocycles. The zero-order valence-electron chi connectivity index (χ0n) is 9.42. The summed E-state index contributed by atoms with van der Waals surface area (Å²) in [4.78, 5) is 8.17. The molecule has 17 heavy (non-hydrogen) atoms. The minimum Gasteiger partial charge on any atom is -0.481 e. The molecule has 0 unspecified atom stereocenters. The van der Waals surface area contributed by atoms with Crippen LogP contribution in [-0.4, -0.2) is 17.1 Å². The van der Waals surface area contributed by atoms with Crippen LogP contribution in [0.5, 0.6) is 5.88 Å². The third-order valence-electron chi connectivity index (χ3n) is 2.38. The van der Waals surface area contributed by atoms with Crippen molar-refractivity contribution in [3.63, 3.8) is 0 Å². The Bertz CT molecular complexity index is 546. The third-order valence-corrected chi connectivity index (χ3v) is 2.38. The zero-order valence-corrected chi connectivity index (χ0v) is 9.42. The summed E-state index contributed by atoms with van der Waals surface area (Å²) in [6.07, 6.45) is 5.43. The summed E-state index contributed by atoms with van der Waals surface area (Å²) in [5.41, 5.74) is 2.73. The Hall–Kier alpha value is -2.41. The molecule has 0 N–H and O–H groups in total. The van der Waals surface area contributed by atoms with Crippen molar-refractivity contribution in [2.75, 3.05) is 7.11 Å². The maximum atomic E-state index is 8.69. The molecule has 2 rings (SSSR count). The maximum Gasteiger partial charge on any atom is 0.221 e. The number of hydrogen-bond donors (Lipinski definition) is 0. The van der Waals surface area contributed by atoms with Crippen molar-refractivity contribution in [1.29, 1.82) is 5.26 Å². The first kappa shape index (κ1) is 11.1. The number of ether oxygens (including phenoxy) is 1. The van der Waals surface area contributed by atoms with Gasteiger partial charge in [0, 0.05) is 24.2 Å². The number of nitriles is 1. The first-order valence-electron chi connectivity index (χ1n) is 5.15. The Morgan fingerprint density at radius 3 is 2.76 bits per heavy atom. The van der Waals surface area contributed by atoms with Gasteiger partial charge in [-0.2, -0.15) is 5.26 Å². The van der Waals surface area contributed by atoms with E-state index in [-0.39, 0.29) is 0 Å². The van der Waals surface area contributed by atoms with Crippen molar-refractivity contribution >= 4 is 0 Å². The van der Waals surface area contributed by atoms with E-state index < -0.39 is 0 Å². The second-order valence-electron chi connectivity index (χ2n) is 3.47. The Morgan fingerprint density at radius 2 is 2.12 bits per heavy atom. The monoisotopic (exact) mass is 225 g/mol. The van der Waals surface area contributed by atoms with Crippen molar-refractivity contribution in [2.45, 2.75) is 6.42 Å². The first-order chi connectivity index (χ1) is 8.35. The van der Waals surface area contributed by atoms with Gasteiger partial charge in [-0.3, -0.25) is 4.98 Å². The number of aromatic nitrogens is 2. The Kier molecular flexibility index (Phi) is 3.31. The summed E-state index contributed by atoms with van der Waals surface area (Å²) in [7, 11) is 1.58. The van der Waals surface area contributed by atoms with E-state index in [0.29, 0.717) is 12.3 Å². The van der Waals surface area contributed by atoms with Crippen molar-refractivity contribution in [3.05, 3.63) is 42.4 Å². The van der Waals surface area contributed by atoms with E-state index in [9.17, 15) is 0 Å². The molecule has 2 aromatic heterocycles. The molecule has 0 spiro atoms. The largest absolute Gasteiger partial charge is 0.481 e. The van der Waals surface area contributed by atoms with Gasteiger partial charge in [0.1, 0.15) is 0 Å². The molecule has 0 radical (unpaired) electrons. The third kappa shape index (κ3) is 2.40. The first-order valence-corrected chi connectivity index (χ1v) is 5.15. The molecule has 0 atom stereocenters. The molecule has 84 valence electrons. The fraction of sp³-hybridized carbons (Fsp3) is 0.154. The van der Waals surface area contributed by atoms with Crippen LogP contribution >= 0.6 is 0 Å². The highest BCUT2D eigenvalue weighted by molar-refractivity contribution is 5.68. The zero-order chi connectivity index (χ0) is 12.1. The fourth-order valence-electron chi connectivity index (χ4n) is 1.58. The van der Waals surface area contributed by atoms with E-state index in [0.717, 1.165) is 16.7 Å². The van der Waals surface area contributed by atoms with Crippen LogP contribution < -0.4 is 4.74 Å². The molecule has 0 aliphatic carbocycles. The molecule has 0 saturated carbocycles. The molecular formula is C13H11N3O. The lowest BCUT2D eigenvalue weighted by Crippen LogP contribution is -1.94. The second-order valence-corrected chi connectivity index (χ2v) is 3.47. The highest BCUT2D eigenvalue weighted by atomic mass is 16.5. The Morgan fingerprint density at radius 1 is 1.35 bits per heavy atom. The van der Waals surface area contributed by atoms with Gasteiger partial charge in [0.05, 0.1) is 19.6 Å². The minimum atomic E-state index is 0.342. The van der Waals surface area contributed by atoms with Gasteiger partial charge in [-0.15, -0.1) is 0 Å². The van der Waals surface area contributed by atoms with Crippen LogP contribution in [0.25, 0.3) is 11.1 Å². The van der Waals surface area contributed by atoms with E-state index in [1.807, 2.05) is 18.2 Å². The summed E-state index contributed by atoms with van der Waals surface area (Å²) in [5, 5.41) is 8.69. The molecule has 4 heteroatoms. The van der Waals surface area contributed by atoms with Gasteiger partial charge >= 0.3 is 0 Å². The van der Waals surface area contributed by atoms with Gasteiger partial charge in [-0.1, -0.05) is 0 Å². The van der Waals surface area contributed by atoms with Gasteiger partial charge in [0.25, 0.3) is 0 Å². The summed E-state index contributed by atoms with van der Waals surface area (Å²) >= 11 is 0. The van der Waals surface area contributed by atoms with E-state index in [1.165, 1.54) is 0 Å². The van der Waals surface area contributed by atoms with E-state index in [1.54, 1.807) is 25.7 Å². The summed E-state index contributed by atoms with van der Waals surface area (Å²) in [6.45, 7) is 0. The molecule has 0 aliphatic rings. The van der Waals surface area contributed by atoms with Crippen LogP contribution in [0.2, 0.25) is 0 Å². The SMILES string of the molecule is COc1ncc(CC#N)cc1-c1ccncc1. The van der Waals surface area contributed by atoms with Crippen LogP contribution in [-0.2, 0) is 6.42 Å². The molecular weight excluding hydrogens is 214 g/mol. The minimum absolute atomic E-state index is 0.342. The predicted molar refractivity (Wildman–Crippen MR) is 63.3 cm³/mol. The smallest absolute Gasteiger partial charge is 0.221 e. The quantitative estimate of drug-likeness (QED) is 0.803. The summed E-state index contributed by atoms with van der Waals surface area (Å²) in [5.74, 6) is 0.554. The van der Waals surface area contributed by atoms with Crippen molar-refractivity contribution in [3.8, 4) is 23.1 Å². The van der Waals surface area contributed by atoms with Crippen LogP contribution in [0.15, 0.2) is 36.8 Å². The molecule has 0 bridgehead atoms. The lowest BCUT2D eigenvalue weighted by molar-refractivity contribution is 0.399. The molecule has 0 fully saturated rings. The van der Waals surface area contributed by atoms with Gasteiger partial charge in [0.15, 0.2) is 0 Å². The predicted octanol–water partition coefficient (Wildman–Crippen LogP) is 2.22. The summed E-state index contributed by atoms with van der Waals surface area (Å²) < 4.78 is 5.22. The van der Waals surface area contributed by atoms with Crippen molar-refractivity contribution < 1.29 is 4.74 Å². The van der Waals surface area contributed by atoms with Gasteiger partial charge in [-0.25, -0.2) is 4.98 Å². The van der Waals surface area contributed by atoms with Crippen LogP contribution in [0.3, 0.4) is 0 Å². The Labute approximate surface area is 99.5 Å². The van der Waals surface area contributed by atoms with E-state index in [2.05, 4.69) is 16.0 Å². The topological polar surface area (TPSA) is 58.8 Å². The number of rotatable bonds is 3. The molecule has 0 aliphatic heterocycles. The maximum absolute atomic E-state index is 8.69. The van der Waals surface area contributed by atoms with E-state index in [4.69, 9.17) is 10.00 Å². The van der Waals surface area contributed by atoms with Gasteiger partial charge < -0.3 is 4.74 Å². The highest BCUT2D eigenvalue weighted by Gasteiger charge is 2.08. The fourth-order valence-corrected chi connectivity index (χ4v) is 1.58. The normalized spacial score (nSPS) is 9.65. The van der Waals surface area contributed by atoms with Crippen LogP contribution in [0, 0.1) is 11.3 Å². The number of methoxy groups -OCH3 is 1. The highest BCUT2D eigenvalue weighted by Crippen LogP contribution is 2.28. The van der Waals surface area contributed by atoms with Crippen molar-refractivity contribution in [2.24, 2.45) is 0 Å². The van der Waals surface area contributed by atoms with Crippen molar-refractivity contribution in [1.82, 2.24) is 9.97 Å². The average molecular weight is 225 g/mol. The summed E-state index contributed by atoms with van der Waals surface area (Å²) in [6, 6.07) is 7.80. The van der Waals surface area contributed by atoms with Gasteiger partial charge in [-0.05, 0) is 29.3 Å². The molecule has 4 nitrogen and oxygen atoms in total. The number of pyridine rings is 2. The average Bonchev–Trinajstić information content (AvgIpc) is 2.40. The number of hydrogen-bond acceptors (Lipinski definition) is 4. The van der Waals surface area contributed by atoms with Crippen LogP contribution in [0.1, 0.15) is 5.56 Å². The lowest BCUT2D eigenvalue weighted by Gasteiger charge is -2.08. The lowest BCUT2D eigenvalue weighted by atomic mass is 10.1. The van der Waals surface area contributed by atoms with E-state index >= 15 is 0 Å². The Balaban J connectivity index is 2.51. The molecule has 0 amide bonds. The molecule has 0 aromatic carbocycles.